The molecule has 0 heterocycles. The molecule has 0 aromatic heterocycles. The molecule has 0 aliphatic heterocycles. The minimum atomic E-state index is -0.916. The van der Waals surface area contributed by atoms with Crippen LogP contribution in [0.5, 0.6) is 0 Å². The van der Waals surface area contributed by atoms with E-state index in [2.05, 4.69) is 46.9 Å². The van der Waals surface area contributed by atoms with Gasteiger partial charge in [-0.1, -0.05) is 29.8 Å². The topological polar surface area (TPSA) is 52.6 Å². The number of nitrogens with one attached hydrogen (secondary N) is 1. The second-order valence-electron chi connectivity index (χ2n) is 4.56. The SMILES string of the molecule is CCN(CC)CC(C)Nc1cc(Br)cc(C(=O)O)c1. The van der Waals surface area contributed by atoms with Gasteiger partial charge in [-0.25, -0.2) is 4.79 Å². The van der Waals surface area contributed by atoms with Gasteiger partial charge in [0.2, 0.25) is 0 Å². The molecule has 5 heteroatoms. The first-order valence-electron chi connectivity index (χ1n) is 6.49. The van der Waals surface area contributed by atoms with Crippen molar-refractivity contribution < 1.29 is 9.90 Å². The fourth-order valence-corrected chi connectivity index (χ4v) is 2.49. The number of nitrogens with zero attached hydrogens (tertiary/aromatic N) is 1. The van der Waals surface area contributed by atoms with Crippen LogP contribution in [0.4, 0.5) is 5.69 Å². The highest BCUT2D eigenvalue weighted by atomic mass is 79.9. The molecule has 0 saturated carbocycles. The molecule has 0 fully saturated rings. The molecule has 1 aromatic rings. The maximum absolute atomic E-state index is 11.0. The van der Waals surface area contributed by atoms with Crippen molar-refractivity contribution in [2.45, 2.75) is 26.8 Å². The molecule has 0 amide bonds. The number of anilines is 1. The fourth-order valence-electron chi connectivity index (χ4n) is 2.00. The van der Waals surface area contributed by atoms with Crippen LogP contribution in [-0.2, 0) is 0 Å². The zero-order valence-electron chi connectivity index (χ0n) is 11.6. The van der Waals surface area contributed by atoms with Gasteiger partial charge < -0.3 is 15.3 Å². The Balaban J connectivity index is 2.73. The molecular weight excluding hydrogens is 308 g/mol. The van der Waals surface area contributed by atoms with Crippen molar-refractivity contribution in [3.05, 3.63) is 28.2 Å². The average Bonchev–Trinajstić information content (AvgIpc) is 2.35. The lowest BCUT2D eigenvalue weighted by Crippen LogP contribution is -2.34. The highest BCUT2D eigenvalue weighted by Crippen LogP contribution is 2.20. The van der Waals surface area contributed by atoms with Crippen molar-refractivity contribution in [1.29, 1.82) is 0 Å². The largest absolute Gasteiger partial charge is 0.478 e. The predicted molar refractivity (Wildman–Crippen MR) is 82.0 cm³/mol. The first-order valence-corrected chi connectivity index (χ1v) is 7.28. The lowest BCUT2D eigenvalue weighted by molar-refractivity contribution is 0.0697. The van der Waals surface area contributed by atoms with E-state index in [-0.39, 0.29) is 11.6 Å². The number of carboxylic acids is 1. The van der Waals surface area contributed by atoms with E-state index < -0.39 is 5.97 Å². The molecule has 4 nitrogen and oxygen atoms in total. The normalized spacial score (nSPS) is 12.5. The van der Waals surface area contributed by atoms with Crippen LogP contribution in [0.2, 0.25) is 0 Å². The molecule has 0 radical (unpaired) electrons. The number of likely N-dealkylation sites (N-methyl/N-ethyl adjacent to an activating group) is 1. The molecule has 0 bridgehead atoms. The first-order chi connectivity index (χ1) is 8.96. The van der Waals surface area contributed by atoms with Gasteiger partial charge in [0, 0.05) is 22.7 Å². The molecule has 1 aromatic carbocycles. The molecule has 2 N–H and O–H groups in total. The van der Waals surface area contributed by atoms with Crippen LogP contribution in [0.15, 0.2) is 22.7 Å². The Morgan fingerprint density at radius 1 is 1.37 bits per heavy atom. The van der Waals surface area contributed by atoms with E-state index in [0.717, 1.165) is 29.8 Å². The van der Waals surface area contributed by atoms with E-state index in [4.69, 9.17) is 5.11 Å². The number of benzene rings is 1. The summed E-state index contributed by atoms with van der Waals surface area (Å²) in [6, 6.07) is 5.41. The van der Waals surface area contributed by atoms with Gasteiger partial charge in [-0.15, -0.1) is 0 Å². The summed E-state index contributed by atoms with van der Waals surface area (Å²) in [5, 5.41) is 12.4. The summed E-state index contributed by atoms with van der Waals surface area (Å²) in [4.78, 5) is 13.3. The van der Waals surface area contributed by atoms with Gasteiger partial charge in [0.1, 0.15) is 0 Å². The molecule has 0 saturated heterocycles. The van der Waals surface area contributed by atoms with Crippen molar-refractivity contribution in [2.24, 2.45) is 0 Å². The number of hydrogen-bond donors (Lipinski definition) is 2. The predicted octanol–water partition coefficient (Wildman–Crippen LogP) is 3.29. The molecule has 19 heavy (non-hydrogen) atoms. The standard InChI is InChI=1S/C14H21BrN2O2/c1-4-17(5-2)9-10(3)16-13-7-11(14(18)19)6-12(15)8-13/h6-8,10,16H,4-5,9H2,1-3H3,(H,18,19). The van der Waals surface area contributed by atoms with Crippen LogP contribution in [0.3, 0.4) is 0 Å². The Kier molecular flexibility index (Phi) is 6.31. The second-order valence-corrected chi connectivity index (χ2v) is 5.48. The van der Waals surface area contributed by atoms with Crippen LogP contribution >= 0.6 is 15.9 Å². The van der Waals surface area contributed by atoms with Gasteiger partial charge in [0.25, 0.3) is 0 Å². The number of hydrogen-bond acceptors (Lipinski definition) is 3. The van der Waals surface area contributed by atoms with Gasteiger partial charge in [-0.2, -0.15) is 0 Å². The summed E-state index contributed by atoms with van der Waals surface area (Å²) in [5.41, 5.74) is 1.11. The minimum Gasteiger partial charge on any atom is -0.478 e. The third-order valence-corrected chi connectivity index (χ3v) is 3.44. The number of halogens is 1. The maximum Gasteiger partial charge on any atom is 0.335 e. The van der Waals surface area contributed by atoms with Crippen LogP contribution in [0, 0.1) is 0 Å². The van der Waals surface area contributed by atoms with Crippen molar-refractivity contribution in [3.8, 4) is 0 Å². The second kappa shape index (κ2) is 7.50. The van der Waals surface area contributed by atoms with Gasteiger partial charge >= 0.3 is 5.97 Å². The van der Waals surface area contributed by atoms with E-state index >= 15 is 0 Å². The monoisotopic (exact) mass is 328 g/mol. The fraction of sp³-hybridized carbons (Fsp3) is 0.500. The van der Waals surface area contributed by atoms with E-state index in [0.29, 0.717) is 0 Å². The Hall–Kier alpha value is -1.07. The summed E-state index contributed by atoms with van der Waals surface area (Å²) in [6.45, 7) is 9.33. The van der Waals surface area contributed by atoms with Crippen molar-refractivity contribution in [1.82, 2.24) is 4.90 Å². The zero-order valence-corrected chi connectivity index (χ0v) is 13.2. The quantitative estimate of drug-likeness (QED) is 0.806. The maximum atomic E-state index is 11.0. The lowest BCUT2D eigenvalue weighted by atomic mass is 10.2. The third kappa shape index (κ3) is 5.20. The smallest absolute Gasteiger partial charge is 0.335 e. The number of carboxylic acid groups (broad SMARTS) is 1. The third-order valence-electron chi connectivity index (χ3n) is 2.98. The van der Waals surface area contributed by atoms with Crippen LogP contribution in [0.25, 0.3) is 0 Å². The van der Waals surface area contributed by atoms with Gasteiger partial charge in [0.15, 0.2) is 0 Å². The molecule has 106 valence electrons. The number of rotatable bonds is 7. The van der Waals surface area contributed by atoms with Crippen LogP contribution in [-0.4, -0.2) is 41.7 Å². The highest BCUT2D eigenvalue weighted by Gasteiger charge is 2.10. The molecule has 0 spiro atoms. The molecule has 0 aliphatic rings. The molecule has 0 aliphatic carbocycles. The molecule has 1 unspecified atom stereocenters. The summed E-state index contributed by atoms with van der Waals surface area (Å²) in [6.07, 6.45) is 0. The molecular formula is C14H21BrN2O2. The number of carbonyl (C=O) groups is 1. The van der Waals surface area contributed by atoms with Gasteiger partial charge in [0.05, 0.1) is 5.56 Å². The van der Waals surface area contributed by atoms with Crippen molar-refractivity contribution in [2.75, 3.05) is 25.0 Å². The molecule has 1 rings (SSSR count). The van der Waals surface area contributed by atoms with Crippen molar-refractivity contribution in [3.63, 3.8) is 0 Å². The minimum absolute atomic E-state index is 0.260. The summed E-state index contributed by atoms with van der Waals surface area (Å²) in [5.74, 6) is -0.916. The van der Waals surface area contributed by atoms with Gasteiger partial charge in [-0.3, -0.25) is 0 Å². The van der Waals surface area contributed by atoms with Crippen LogP contribution < -0.4 is 5.32 Å². The van der Waals surface area contributed by atoms with E-state index in [1.54, 1.807) is 12.1 Å². The lowest BCUT2D eigenvalue weighted by Gasteiger charge is -2.24. The van der Waals surface area contributed by atoms with Gasteiger partial charge in [-0.05, 0) is 38.2 Å². The zero-order chi connectivity index (χ0) is 14.4. The van der Waals surface area contributed by atoms with Crippen LogP contribution in [0.1, 0.15) is 31.1 Å². The number of aromatic carboxylic acids is 1. The Morgan fingerprint density at radius 2 is 2.00 bits per heavy atom. The van der Waals surface area contributed by atoms with E-state index in [9.17, 15) is 4.79 Å². The van der Waals surface area contributed by atoms with E-state index in [1.807, 2.05) is 6.07 Å². The Bertz CT molecular complexity index is 433. The van der Waals surface area contributed by atoms with E-state index in [1.165, 1.54) is 0 Å². The highest BCUT2D eigenvalue weighted by molar-refractivity contribution is 9.10. The Morgan fingerprint density at radius 3 is 2.53 bits per heavy atom. The average molecular weight is 329 g/mol. The first kappa shape index (κ1) is 16.0. The van der Waals surface area contributed by atoms with Crippen molar-refractivity contribution >= 4 is 27.6 Å². The summed E-state index contributed by atoms with van der Waals surface area (Å²) < 4.78 is 0.768. The summed E-state index contributed by atoms with van der Waals surface area (Å²) >= 11 is 3.34. The Labute approximate surface area is 122 Å². The molecule has 1 atom stereocenters. The summed E-state index contributed by atoms with van der Waals surface area (Å²) in [7, 11) is 0.